The van der Waals surface area contributed by atoms with Gasteiger partial charge >= 0.3 is 0 Å². The highest BCUT2D eigenvalue weighted by molar-refractivity contribution is 6.14. The van der Waals surface area contributed by atoms with Gasteiger partial charge in [-0.15, -0.1) is 0 Å². The molecule has 0 aromatic heterocycles. The number of carbonyl (C=O) groups excluding carboxylic acids is 1. The first-order valence-electron chi connectivity index (χ1n) is 11.1. The molecular weight excluding hydrogens is 434 g/mol. The Kier molecular flexibility index (Phi) is 5.49. The average Bonchev–Trinajstić information content (AvgIpc) is 3.17. The predicted molar refractivity (Wildman–Crippen MR) is 129 cm³/mol. The third-order valence-corrected chi connectivity index (χ3v) is 6.18. The van der Waals surface area contributed by atoms with Gasteiger partial charge in [-0.1, -0.05) is 31.2 Å². The van der Waals surface area contributed by atoms with Crippen LogP contribution in [0.5, 0.6) is 11.5 Å². The number of amides is 1. The van der Waals surface area contributed by atoms with Gasteiger partial charge in [-0.3, -0.25) is 24.8 Å². The molecule has 3 aromatic rings. The molecule has 2 aliphatic rings. The van der Waals surface area contributed by atoms with E-state index in [0.29, 0.717) is 41.2 Å². The largest absolute Gasteiger partial charge is 0.493 e. The van der Waals surface area contributed by atoms with E-state index in [1.54, 1.807) is 29.3 Å². The van der Waals surface area contributed by atoms with E-state index in [0.717, 1.165) is 16.8 Å². The van der Waals surface area contributed by atoms with Crippen LogP contribution >= 0.6 is 0 Å². The van der Waals surface area contributed by atoms with Crippen molar-refractivity contribution in [1.82, 2.24) is 0 Å². The lowest BCUT2D eigenvalue weighted by atomic mass is 10.1. The quantitative estimate of drug-likeness (QED) is 0.382. The summed E-state index contributed by atoms with van der Waals surface area (Å²) >= 11 is 0. The van der Waals surface area contributed by atoms with Gasteiger partial charge < -0.3 is 9.47 Å². The van der Waals surface area contributed by atoms with Crippen LogP contribution in [0.25, 0.3) is 0 Å². The minimum absolute atomic E-state index is 0.0305. The second-order valence-corrected chi connectivity index (χ2v) is 8.28. The highest BCUT2D eigenvalue weighted by atomic mass is 16.6. The molecule has 0 unspecified atom stereocenters. The Morgan fingerprint density at radius 1 is 1.12 bits per heavy atom. The molecular formula is C26H23N3O5. The summed E-state index contributed by atoms with van der Waals surface area (Å²) in [5.41, 5.74) is 4.52. The second kappa shape index (κ2) is 8.62. The van der Waals surface area contributed by atoms with E-state index in [1.807, 2.05) is 37.3 Å². The minimum Gasteiger partial charge on any atom is -0.493 e. The van der Waals surface area contributed by atoms with Crippen LogP contribution in [0, 0.1) is 10.1 Å². The van der Waals surface area contributed by atoms with Crippen molar-refractivity contribution in [3.05, 3.63) is 87.0 Å². The smallest absolute Gasteiger partial charge is 0.270 e. The van der Waals surface area contributed by atoms with Crippen LogP contribution in [-0.2, 0) is 19.4 Å². The van der Waals surface area contributed by atoms with Crippen LogP contribution < -0.4 is 14.4 Å². The fraction of sp³-hybridized carbons (Fsp3) is 0.231. The van der Waals surface area contributed by atoms with Crippen LogP contribution in [0.2, 0.25) is 0 Å². The van der Waals surface area contributed by atoms with Gasteiger partial charge in [-0.2, -0.15) is 0 Å². The number of hydrogen-bond acceptors (Lipinski definition) is 6. The Morgan fingerprint density at radius 2 is 1.91 bits per heavy atom. The lowest BCUT2D eigenvalue weighted by Gasteiger charge is -2.22. The first-order valence-corrected chi connectivity index (χ1v) is 11.1. The zero-order valence-corrected chi connectivity index (χ0v) is 18.9. The number of fused-ring (bicyclic) bond motifs is 4. The van der Waals surface area contributed by atoms with E-state index in [9.17, 15) is 14.9 Å². The number of anilines is 1. The lowest BCUT2D eigenvalue weighted by molar-refractivity contribution is -0.385. The predicted octanol–water partition coefficient (Wildman–Crippen LogP) is 5.03. The molecule has 172 valence electrons. The summed E-state index contributed by atoms with van der Waals surface area (Å²) in [6, 6.07) is 16.0. The number of hydrogen-bond donors (Lipinski definition) is 0. The van der Waals surface area contributed by atoms with Crippen molar-refractivity contribution < 1.29 is 19.2 Å². The first-order chi connectivity index (χ1) is 16.5. The number of nitro groups is 1. The summed E-state index contributed by atoms with van der Waals surface area (Å²) in [5, 5.41) is 11.3. The Hall–Kier alpha value is -4.20. The number of non-ortho nitro benzene ring substituents is 1. The lowest BCUT2D eigenvalue weighted by Crippen LogP contribution is -2.37. The number of nitrogens with zero attached hydrogens (tertiary/aromatic N) is 3. The maximum atomic E-state index is 13.5. The molecule has 0 saturated carbocycles. The summed E-state index contributed by atoms with van der Waals surface area (Å²) < 4.78 is 11.5. The Balaban J connectivity index is 1.46. The van der Waals surface area contributed by atoms with Gasteiger partial charge in [0.05, 0.1) is 29.3 Å². The molecule has 3 aromatic carbocycles. The van der Waals surface area contributed by atoms with Gasteiger partial charge in [-0.05, 0) is 35.2 Å². The van der Waals surface area contributed by atoms with Crippen LogP contribution in [0.1, 0.15) is 34.0 Å². The molecule has 8 heteroatoms. The van der Waals surface area contributed by atoms with Gasteiger partial charge in [0, 0.05) is 36.5 Å². The highest BCUT2D eigenvalue weighted by Crippen LogP contribution is 2.41. The molecule has 0 radical (unpaired) electrons. The molecule has 1 amide bonds. The Bertz CT molecular complexity index is 1330. The molecule has 2 heterocycles. The van der Waals surface area contributed by atoms with Gasteiger partial charge in [0.2, 0.25) is 0 Å². The molecule has 0 fully saturated rings. The third-order valence-electron chi connectivity index (χ3n) is 6.18. The molecule has 5 rings (SSSR count). The van der Waals surface area contributed by atoms with E-state index in [4.69, 9.17) is 9.47 Å². The Morgan fingerprint density at radius 3 is 2.68 bits per heavy atom. The van der Waals surface area contributed by atoms with Gasteiger partial charge in [0.25, 0.3) is 11.6 Å². The van der Waals surface area contributed by atoms with Gasteiger partial charge in [0.15, 0.2) is 11.5 Å². The maximum Gasteiger partial charge on any atom is 0.270 e. The van der Waals surface area contributed by atoms with E-state index in [-0.39, 0.29) is 24.2 Å². The van der Waals surface area contributed by atoms with Crippen molar-refractivity contribution >= 4 is 29.2 Å². The molecule has 0 aliphatic carbocycles. The van der Waals surface area contributed by atoms with Gasteiger partial charge in [0.1, 0.15) is 6.61 Å². The van der Waals surface area contributed by atoms with Crippen molar-refractivity contribution in [2.24, 2.45) is 4.99 Å². The summed E-state index contributed by atoms with van der Waals surface area (Å²) in [6.45, 7) is 2.06. The molecule has 2 aliphatic heterocycles. The normalized spacial score (nSPS) is 15.9. The topological polar surface area (TPSA) is 94.3 Å². The molecule has 0 spiro atoms. The zero-order valence-electron chi connectivity index (χ0n) is 18.9. The van der Waals surface area contributed by atoms with E-state index < -0.39 is 4.92 Å². The van der Waals surface area contributed by atoms with Crippen molar-refractivity contribution in [3.63, 3.8) is 0 Å². The number of carbonyl (C=O) groups is 1. The van der Waals surface area contributed by atoms with Crippen molar-refractivity contribution in [3.8, 4) is 11.5 Å². The third kappa shape index (κ3) is 3.77. The van der Waals surface area contributed by atoms with Crippen LogP contribution in [0.3, 0.4) is 0 Å². The second-order valence-electron chi connectivity index (χ2n) is 8.28. The molecule has 0 N–H and O–H groups in total. The van der Waals surface area contributed by atoms with E-state index in [2.05, 4.69) is 4.99 Å². The summed E-state index contributed by atoms with van der Waals surface area (Å²) in [7, 11) is 1.51. The number of methoxy groups -OCH3 is 1. The number of aryl methyl sites for hydroxylation is 1. The molecule has 0 bridgehead atoms. The number of nitro benzene ring substituents is 1. The monoisotopic (exact) mass is 457 g/mol. The maximum absolute atomic E-state index is 13.5. The fourth-order valence-electron chi connectivity index (χ4n) is 4.49. The molecule has 0 saturated heterocycles. The van der Waals surface area contributed by atoms with E-state index in [1.165, 1.54) is 13.2 Å². The van der Waals surface area contributed by atoms with Crippen molar-refractivity contribution in [2.45, 2.75) is 32.4 Å². The standard InChI is InChI=1S/C26H23N3O5/c1-3-16-8-17(10-19(9-16)29(31)32)15-34-25-13-22-21(12-24(25)33-2)26(30)28-20(14-27-22)11-18-6-4-5-7-23(18)28/h4-10,12-14,20H,3,11,15H2,1-2H3/t20-/m0/s1. The van der Waals surface area contributed by atoms with Gasteiger partial charge in [-0.25, -0.2) is 0 Å². The van der Waals surface area contributed by atoms with Crippen LogP contribution in [0.15, 0.2) is 59.6 Å². The number of rotatable bonds is 6. The minimum atomic E-state index is -0.406. The van der Waals surface area contributed by atoms with Crippen molar-refractivity contribution in [2.75, 3.05) is 12.0 Å². The highest BCUT2D eigenvalue weighted by Gasteiger charge is 2.36. The molecule has 1 atom stereocenters. The summed E-state index contributed by atoms with van der Waals surface area (Å²) in [6.07, 6.45) is 3.19. The summed E-state index contributed by atoms with van der Waals surface area (Å²) in [4.78, 5) is 30.7. The zero-order chi connectivity index (χ0) is 23.8. The average molecular weight is 457 g/mol. The number of para-hydroxylation sites is 1. The Labute approximate surface area is 196 Å². The number of ether oxygens (including phenoxy) is 2. The van der Waals surface area contributed by atoms with Crippen molar-refractivity contribution in [1.29, 1.82) is 0 Å². The summed E-state index contributed by atoms with van der Waals surface area (Å²) in [5.74, 6) is 0.672. The number of benzene rings is 3. The fourth-order valence-corrected chi connectivity index (χ4v) is 4.49. The van der Waals surface area contributed by atoms with Crippen LogP contribution in [-0.4, -0.2) is 30.2 Å². The molecule has 34 heavy (non-hydrogen) atoms. The first kappa shape index (κ1) is 21.6. The SMILES string of the molecule is CCc1cc(COc2cc3c(cc2OC)C(=O)N2c4ccccc4C[C@H]2C=N3)cc([N+](=O)[O-])c1. The van der Waals surface area contributed by atoms with E-state index >= 15 is 0 Å². The van der Waals surface area contributed by atoms with Crippen LogP contribution in [0.4, 0.5) is 17.1 Å². The number of aliphatic imine (C=N–C) groups is 1. The molecule has 8 nitrogen and oxygen atoms in total.